The van der Waals surface area contributed by atoms with Gasteiger partial charge in [0, 0.05) is 22.4 Å². The first-order valence-corrected chi connectivity index (χ1v) is 12.4. The summed E-state index contributed by atoms with van der Waals surface area (Å²) in [7, 11) is 0. The van der Waals surface area contributed by atoms with Crippen LogP contribution in [0.4, 0.5) is 0 Å². The monoisotopic (exact) mass is 408 g/mol. The molecule has 2 heterocycles. The van der Waals surface area contributed by atoms with Gasteiger partial charge in [-0.25, -0.2) is 4.98 Å². The van der Waals surface area contributed by atoms with Gasteiger partial charge in [-0.3, -0.25) is 4.98 Å². The van der Waals surface area contributed by atoms with Gasteiger partial charge in [-0.05, 0) is 91.7 Å². The number of hydrogen-bond donors (Lipinski definition) is 0. The fourth-order valence-electron chi connectivity index (χ4n) is 8.53. The van der Waals surface area contributed by atoms with Gasteiger partial charge in [-0.15, -0.1) is 0 Å². The summed E-state index contributed by atoms with van der Waals surface area (Å²) in [6.45, 7) is 5.18. The molecule has 3 aromatic rings. The van der Waals surface area contributed by atoms with E-state index in [2.05, 4.69) is 50.3 Å². The van der Waals surface area contributed by atoms with Crippen molar-refractivity contribution < 1.29 is 0 Å². The first-order chi connectivity index (χ1) is 15.1. The Labute approximate surface area is 185 Å². The zero-order chi connectivity index (χ0) is 20.8. The summed E-state index contributed by atoms with van der Waals surface area (Å²) >= 11 is 0. The minimum absolute atomic E-state index is 0.231. The highest BCUT2D eigenvalue weighted by molar-refractivity contribution is 6.02. The van der Waals surface area contributed by atoms with Gasteiger partial charge in [0.05, 0.1) is 16.7 Å². The molecule has 158 valence electrons. The second-order valence-corrected chi connectivity index (χ2v) is 11.4. The molecular formula is C29H32N2. The SMILES string of the molecule is C[C@]12CCC3C(CC[C@H]4CC=CC[C@]34C)C1Cc1cc3ccc4cccnc4c3nc12. The topological polar surface area (TPSA) is 25.8 Å². The van der Waals surface area contributed by atoms with E-state index in [-0.39, 0.29) is 5.41 Å². The zero-order valence-electron chi connectivity index (χ0n) is 18.8. The second kappa shape index (κ2) is 6.18. The third-order valence-corrected chi connectivity index (χ3v) is 10.2. The van der Waals surface area contributed by atoms with Crippen LogP contribution < -0.4 is 0 Å². The van der Waals surface area contributed by atoms with Gasteiger partial charge >= 0.3 is 0 Å². The van der Waals surface area contributed by atoms with E-state index in [1.165, 1.54) is 67.0 Å². The lowest BCUT2D eigenvalue weighted by molar-refractivity contribution is -0.0728. The maximum atomic E-state index is 5.40. The van der Waals surface area contributed by atoms with Crippen molar-refractivity contribution in [2.24, 2.45) is 29.1 Å². The van der Waals surface area contributed by atoms with Crippen molar-refractivity contribution in [3.05, 3.63) is 59.9 Å². The molecule has 6 atom stereocenters. The maximum Gasteiger partial charge on any atom is 0.0968 e. The van der Waals surface area contributed by atoms with E-state index in [0.717, 1.165) is 34.7 Å². The van der Waals surface area contributed by atoms with Crippen LogP contribution in [0.25, 0.3) is 21.8 Å². The Morgan fingerprint density at radius 3 is 2.77 bits per heavy atom. The number of hydrogen-bond acceptors (Lipinski definition) is 2. The van der Waals surface area contributed by atoms with Gasteiger partial charge < -0.3 is 0 Å². The lowest BCUT2D eigenvalue weighted by Gasteiger charge is -2.59. The first kappa shape index (κ1) is 18.4. The molecule has 0 amide bonds. The van der Waals surface area contributed by atoms with Crippen molar-refractivity contribution in [2.45, 2.75) is 64.2 Å². The number of rotatable bonds is 0. The average molecular weight is 409 g/mol. The molecule has 4 aliphatic rings. The Morgan fingerprint density at radius 2 is 1.84 bits per heavy atom. The van der Waals surface area contributed by atoms with Crippen LogP contribution in [0.15, 0.2) is 48.7 Å². The minimum atomic E-state index is 0.231. The van der Waals surface area contributed by atoms with Crippen molar-refractivity contribution in [3.63, 3.8) is 0 Å². The molecule has 0 bridgehead atoms. The molecule has 31 heavy (non-hydrogen) atoms. The fraction of sp³-hybridized carbons (Fsp3) is 0.517. The standard InChI is InChI=1S/C29H32N2/c1-28-13-4-3-7-21(28)10-11-22-23(28)12-14-29(2)24(22)17-20-16-19-9-8-18-6-5-15-30-25(18)26(19)31-27(20)29/h3-6,8-9,15-16,21-24H,7,10-14,17H2,1-2H3/t21-,22?,23?,24?,28+,29+/m1/s1. The van der Waals surface area contributed by atoms with Gasteiger partial charge in [0.1, 0.15) is 0 Å². The lowest BCUT2D eigenvalue weighted by atomic mass is 9.46. The van der Waals surface area contributed by atoms with Crippen LogP contribution in [0, 0.1) is 29.1 Å². The maximum absolute atomic E-state index is 5.40. The number of pyridine rings is 2. The molecule has 4 aliphatic carbocycles. The lowest BCUT2D eigenvalue weighted by Crippen LogP contribution is -2.52. The van der Waals surface area contributed by atoms with Crippen molar-refractivity contribution in [3.8, 4) is 0 Å². The summed E-state index contributed by atoms with van der Waals surface area (Å²) in [5.74, 6) is 3.41. The van der Waals surface area contributed by atoms with Crippen molar-refractivity contribution >= 4 is 21.8 Å². The number of nitrogens with zero attached hydrogens (tertiary/aromatic N) is 2. The molecule has 0 aliphatic heterocycles. The number of allylic oxidation sites excluding steroid dienone is 2. The highest BCUT2D eigenvalue weighted by Crippen LogP contribution is 2.64. The van der Waals surface area contributed by atoms with Gasteiger partial charge in [-0.2, -0.15) is 0 Å². The van der Waals surface area contributed by atoms with Crippen molar-refractivity contribution in [2.75, 3.05) is 0 Å². The van der Waals surface area contributed by atoms with Gasteiger partial charge in [0.2, 0.25) is 0 Å². The van der Waals surface area contributed by atoms with Crippen LogP contribution >= 0.6 is 0 Å². The van der Waals surface area contributed by atoms with E-state index < -0.39 is 0 Å². The zero-order valence-corrected chi connectivity index (χ0v) is 18.8. The summed E-state index contributed by atoms with van der Waals surface area (Å²) in [5.41, 5.74) is 5.84. The van der Waals surface area contributed by atoms with E-state index >= 15 is 0 Å². The van der Waals surface area contributed by atoms with Crippen molar-refractivity contribution in [1.29, 1.82) is 0 Å². The Balaban J connectivity index is 1.34. The van der Waals surface area contributed by atoms with E-state index in [1.54, 1.807) is 0 Å². The molecule has 0 saturated heterocycles. The molecule has 2 fully saturated rings. The second-order valence-electron chi connectivity index (χ2n) is 11.4. The molecule has 7 rings (SSSR count). The third-order valence-electron chi connectivity index (χ3n) is 10.2. The van der Waals surface area contributed by atoms with Crippen LogP contribution in [-0.4, -0.2) is 9.97 Å². The summed E-state index contributed by atoms with van der Waals surface area (Å²) in [4.78, 5) is 10.1. The molecular weight excluding hydrogens is 376 g/mol. The quantitative estimate of drug-likeness (QED) is 0.295. The smallest absolute Gasteiger partial charge is 0.0968 e. The van der Waals surface area contributed by atoms with Crippen molar-refractivity contribution in [1.82, 2.24) is 9.97 Å². The Hall–Kier alpha value is -2.22. The molecule has 0 radical (unpaired) electrons. The Morgan fingerprint density at radius 1 is 0.935 bits per heavy atom. The molecule has 2 aromatic heterocycles. The largest absolute Gasteiger partial charge is 0.254 e. The number of aromatic nitrogens is 2. The summed E-state index contributed by atoms with van der Waals surface area (Å²) in [5, 5.41) is 2.46. The number of benzene rings is 1. The van der Waals surface area contributed by atoms with E-state index in [0.29, 0.717) is 5.41 Å². The Kier molecular flexibility index (Phi) is 3.66. The fourth-order valence-corrected chi connectivity index (χ4v) is 8.53. The van der Waals surface area contributed by atoms with E-state index in [1.807, 2.05) is 12.3 Å². The van der Waals surface area contributed by atoms with Gasteiger partial charge in [-0.1, -0.05) is 44.2 Å². The van der Waals surface area contributed by atoms with Gasteiger partial charge in [0.15, 0.2) is 0 Å². The molecule has 3 unspecified atom stereocenters. The predicted molar refractivity (Wildman–Crippen MR) is 127 cm³/mol. The Bertz CT molecular complexity index is 1240. The first-order valence-electron chi connectivity index (χ1n) is 12.4. The van der Waals surface area contributed by atoms with Crippen LogP contribution in [0.2, 0.25) is 0 Å². The summed E-state index contributed by atoms with van der Waals surface area (Å²) < 4.78 is 0. The molecule has 0 N–H and O–H groups in total. The van der Waals surface area contributed by atoms with Gasteiger partial charge in [0.25, 0.3) is 0 Å². The van der Waals surface area contributed by atoms with E-state index in [9.17, 15) is 0 Å². The molecule has 2 nitrogen and oxygen atoms in total. The molecule has 2 saturated carbocycles. The average Bonchev–Trinajstić information content (AvgIpc) is 3.09. The molecule has 2 heteroatoms. The van der Waals surface area contributed by atoms with E-state index in [4.69, 9.17) is 9.97 Å². The molecule has 1 aromatic carbocycles. The van der Waals surface area contributed by atoms with Crippen LogP contribution in [-0.2, 0) is 11.8 Å². The third kappa shape index (κ3) is 2.34. The summed E-state index contributed by atoms with van der Waals surface area (Å²) in [6, 6.07) is 11.1. The predicted octanol–water partition coefficient (Wildman–Crippen LogP) is 7.01. The summed E-state index contributed by atoms with van der Waals surface area (Å²) in [6.07, 6.45) is 16.2. The molecule has 0 spiro atoms. The van der Waals surface area contributed by atoms with Crippen LogP contribution in [0.5, 0.6) is 0 Å². The normalized spacial score (nSPS) is 38.5. The highest BCUT2D eigenvalue weighted by Gasteiger charge is 2.58. The minimum Gasteiger partial charge on any atom is -0.254 e. The van der Waals surface area contributed by atoms with Crippen LogP contribution in [0.3, 0.4) is 0 Å². The number of fused-ring (bicyclic) bond motifs is 10. The highest BCUT2D eigenvalue weighted by atomic mass is 14.8. The van der Waals surface area contributed by atoms with Crippen LogP contribution in [0.1, 0.15) is 63.6 Å².